The molecule has 3 aromatic rings. The van der Waals surface area contributed by atoms with E-state index >= 15 is 0 Å². The number of fused-ring (bicyclic) bond motifs is 1. The average molecular weight is 352 g/mol. The summed E-state index contributed by atoms with van der Waals surface area (Å²) in [5, 5.41) is 2.80. The molecule has 0 aliphatic carbocycles. The first-order valence-electron chi connectivity index (χ1n) is 7.90. The number of benzene rings is 3. The molecule has 126 valence electrons. The van der Waals surface area contributed by atoms with Crippen LogP contribution in [-0.2, 0) is 11.2 Å². The predicted molar refractivity (Wildman–Crippen MR) is 103 cm³/mol. The van der Waals surface area contributed by atoms with Gasteiger partial charge in [0.1, 0.15) is 0 Å². The molecule has 0 aromatic heterocycles. The highest BCUT2D eigenvalue weighted by atomic mass is 35.5. The first-order chi connectivity index (χ1) is 12.0. The minimum absolute atomic E-state index is 0.241. The van der Waals surface area contributed by atoms with Gasteiger partial charge in [-0.15, -0.1) is 0 Å². The van der Waals surface area contributed by atoms with Gasteiger partial charge < -0.3 is 11.5 Å². The van der Waals surface area contributed by atoms with Crippen LogP contribution in [0.1, 0.15) is 17.0 Å². The second-order valence-electron chi connectivity index (χ2n) is 5.82. The van der Waals surface area contributed by atoms with E-state index in [1.165, 1.54) is 0 Å². The number of hydrogen-bond acceptors (Lipinski definition) is 1. The van der Waals surface area contributed by atoms with E-state index < -0.39 is 5.92 Å². The Hall–Kier alpha value is -2.85. The molecule has 3 rings (SSSR count). The molecule has 1 amide bonds. The van der Waals surface area contributed by atoms with E-state index in [0.29, 0.717) is 11.4 Å². The Morgan fingerprint density at radius 3 is 2.48 bits per heavy atom. The molecule has 1 atom stereocenters. The molecule has 0 spiro atoms. The van der Waals surface area contributed by atoms with Gasteiger partial charge in [0.15, 0.2) is 5.96 Å². The van der Waals surface area contributed by atoms with Crippen molar-refractivity contribution in [3.05, 3.63) is 82.9 Å². The fourth-order valence-electron chi connectivity index (χ4n) is 2.97. The summed E-state index contributed by atoms with van der Waals surface area (Å²) in [4.78, 5) is 16.4. The zero-order valence-electron chi connectivity index (χ0n) is 13.5. The Balaban J connectivity index is 2.05. The highest BCUT2D eigenvalue weighted by Crippen LogP contribution is 2.28. The van der Waals surface area contributed by atoms with Gasteiger partial charge in [-0.2, -0.15) is 4.99 Å². The minimum atomic E-state index is -0.508. The number of amides is 1. The highest BCUT2D eigenvalue weighted by molar-refractivity contribution is 6.30. The Morgan fingerprint density at radius 2 is 1.72 bits per heavy atom. The third-order valence-electron chi connectivity index (χ3n) is 4.09. The maximum atomic E-state index is 12.6. The fraction of sp³-hybridized carbons (Fsp3) is 0.100. The second kappa shape index (κ2) is 7.36. The Kier molecular flexibility index (Phi) is 5.00. The van der Waals surface area contributed by atoms with E-state index in [0.717, 1.165) is 21.9 Å². The molecule has 0 fully saturated rings. The van der Waals surface area contributed by atoms with Crippen molar-refractivity contribution < 1.29 is 4.79 Å². The van der Waals surface area contributed by atoms with Gasteiger partial charge in [0.25, 0.3) is 5.91 Å². The van der Waals surface area contributed by atoms with Crippen molar-refractivity contribution in [3.63, 3.8) is 0 Å². The van der Waals surface area contributed by atoms with E-state index in [1.807, 2.05) is 54.6 Å². The molecule has 5 heteroatoms. The van der Waals surface area contributed by atoms with Gasteiger partial charge in [0.05, 0.1) is 5.92 Å². The lowest BCUT2D eigenvalue weighted by Gasteiger charge is -2.16. The van der Waals surface area contributed by atoms with Crippen LogP contribution in [0.4, 0.5) is 0 Å². The normalized spacial score (nSPS) is 11.9. The number of hydrogen-bond donors (Lipinski definition) is 2. The molecule has 0 aliphatic rings. The lowest BCUT2D eigenvalue weighted by molar-refractivity contribution is -0.119. The summed E-state index contributed by atoms with van der Waals surface area (Å²) < 4.78 is 0. The highest BCUT2D eigenvalue weighted by Gasteiger charge is 2.22. The zero-order chi connectivity index (χ0) is 17.8. The summed E-state index contributed by atoms with van der Waals surface area (Å²) in [7, 11) is 0. The molecule has 0 radical (unpaired) electrons. The fourth-order valence-corrected chi connectivity index (χ4v) is 3.17. The van der Waals surface area contributed by atoms with Gasteiger partial charge in [-0.05, 0) is 40.5 Å². The number of carbonyl (C=O) groups excluding carboxylic acids is 1. The zero-order valence-corrected chi connectivity index (χ0v) is 14.3. The molecule has 25 heavy (non-hydrogen) atoms. The van der Waals surface area contributed by atoms with Crippen LogP contribution >= 0.6 is 11.6 Å². The molecule has 0 saturated heterocycles. The first-order valence-corrected chi connectivity index (χ1v) is 8.28. The van der Waals surface area contributed by atoms with Crippen LogP contribution < -0.4 is 11.5 Å². The van der Waals surface area contributed by atoms with Crippen molar-refractivity contribution in [3.8, 4) is 0 Å². The van der Waals surface area contributed by atoms with Gasteiger partial charge >= 0.3 is 0 Å². The van der Waals surface area contributed by atoms with Crippen LogP contribution in [0.25, 0.3) is 10.8 Å². The number of nitrogens with zero attached hydrogens (tertiary/aromatic N) is 1. The van der Waals surface area contributed by atoms with Gasteiger partial charge in [0, 0.05) is 5.02 Å². The molecule has 3 aromatic carbocycles. The molecule has 4 N–H and O–H groups in total. The number of aliphatic imine (C=N–C) groups is 1. The molecule has 4 nitrogen and oxygen atoms in total. The second-order valence-corrected chi connectivity index (χ2v) is 6.26. The van der Waals surface area contributed by atoms with Gasteiger partial charge in [-0.3, -0.25) is 4.79 Å². The third kappa shape index (κ3) is 3.98. The van der Waals surface area contributed by atoms with E-state index in [2.05, 4.69) is 4.99 Å². The monoisotopic (exact) mass is 351 g/mol. The summed E-state index contributed by atoms with van der Waals surface area (Å²) in [6, 6.07) is 21.3. The van der Waals surface area contributed by atoms with Crippen LogP contribution in [0, 0.1) is 0 Å². The van der Waals surface area contributed by atoms with E-state index in [9.17, 15) is 4.79 Å². The maximum absolute atomic E-state index is 12.6. The molecular formula is C20H18ClN3O. The van der Waals surface area contributed by atoms with Gasteiger partial charge in [0.2, 0.25) is 0 Å². The summed E-state index contributed by atoms with van der Waals surface area (Å²) >= 11 is 6.10. The van der Waals surface area contributed by atoms with E-state index in [-0.39, 0.29) is 11.9 Å². The first kappa shape index (κ1) is 17.0. The van der Waals surface area contributed by atoms with Crippen LogP contribution in [0.2, 0.25) is 5.02 Å². The standard InChI is InChI=1S/C20H18ClN3O/c21-16-9-4-8-14(11-16)18(19(25)24-20(22)23)12-15-7-3-6-13-5-1-2-10-17(13)15/h1-11,18H,12H2,(H4,22,23,24,25)/t18-/m1/s1. The lowest BCUT2D eigenvalue weighted by atomic mass is 9.89. The van der Waals surface area contributed by atoms with Crippen molar-refractivity contribution in [1.29, 1.82) is 0 Å². The summed E-state index contributed by atoms with van der Waals surface area (Å²) in [5.41, 5.74) is 12.7. The number of halogens is 1. The van der Waals surface area contributed by atoms with Crippen molar-refractivity contribution in [1.82, 2.24) is 0 Å². The lowest BCUT2D eigenvalue weighted by Crippen LogP contribution is -2.26. The van der Waals surface area contributed by atoms with Crippen LogP contribution in [0.5, 0.6) is 0 Å². The van der Waals surface area contributed by atoms with Crippen molar-refractivity contribution in [2.45, 2.75) is 12.3 Å². The Bertz CT molecular complexity index is 943. The van der Waals surface area contributed by atoms with Crippen LogP contribution in [-0.4, -0.2) is 11.9 Å². The number of rotatable bonds is 4. The van der Waals surface area contributed by atoms with Crippen molar-refractivity contribution in [2.24, 2.45) is 16.5 Å². The average Bonchev–Trinajstić information content (AvgIpc) is 2.59. The third-order valence-corrected chi connectivity index (χ3v) is 4.33. The molecular weight excluding hydrogens is 334 g/mol. The number of guanidine groups is 1. The summed E-state index contributed by atoms with van der Waals surface area (Å²) in [6.45, 7) is 0. The SMILES string of the molecule is NC(N)=NC(=O)[C@H](Cc1cccc2ccccc12)c1cccc(Cl)c1. The quantitative estimate of drug-likeness (QED) is 0.556. The van der Waals surface area contributed by atoms with E-state index in [4.69, 9.17) is 23.1 Å². The summed E-state index contributed by atoms with van der Waals surface area (Å²) in [6.07, 6.45) is 0.483. The van der Waals surface area contributed by atoms with Crippen molar-refractivity contribution in [2.75, 3.05) is 0 Å². The molecule has 0 aliphatic heterocycles. The van der Waals surface area contributed by atoms with Crippen LogP contribution in [0.15, 0.2) is 71.7 Å². The smallest absolute Gasteiger partial charge is 0.256 e. The van der Waals surface area contributed by atoms with Gasteiger partial charge in [-0.25, -0.2) is 0 Å². The minimum Gasteiger partial charge on any atom is -0.370 e. The Labute approximate surface area is 151 Å². The Morgan fingerprint density at radius 1 is 1.00 bits per heavy atom. The molecule has 0 saturated carbocycles. The number of nitrogens with two attached hydrogens (primary N) is 2. The molecule has 0 bridgehead atoms. The van der Waals surface area contributed by atoms with Crippen LogP contribution in [0.3, 0.4) is 0 Å². The molecule has 0 unspecified atom stereocenters. The topological polar surface area (TPSA) is 81.5 Å². The van der Waals surface area contributed by atoms with E-state index in [1.54, 1.807) is 12.1 Å². The molecule has 0 heterocycles. The summed E-state index contributed by atoms with van der Waals surface area (Å²) in [5.74, 6) is -1.13. The largest absolute Gasteiger partial charge is 0.370 e. The predicted octanol–water partition coefficient (Wildman–Crippen LogP) is 3.62. The van der Waals surface area contributed by atoms with Gasteiger partial charge in [-0.1, -0.05) is 66.2 Å². The number of carbonyl (C=O) groups is 1. The van der Waals surface area contributed by atoms with Crippen molar-refractivity contribution >= 4 is 34.2 Å². The maximum Gasteiger partial charge on any atom is 0.256 e.